The van der Waals surface area contributed by atoms with E-state index in [4.69, 9.17) is 4.74 Å². The second kappa shape index (κ2) is 8.71. The van der Waals surface area contributed by atoms with Gasteiger partial charge >= 0.3 is 0 Å². The van der Waals surface area contributed by atoms with Crippen LogP contribution < -0.4 is 10.6 Å². The van der Waals surface area contributed by atoms with E-state index >= 15 is 0 Å². The highest BCUT2D eigenvalue weighted by atomic mass is 16.5. The minimum atomic E-state index is -0.161. The topological polar surface area (TPSA) is 53.6 Å². The normalized spacial score (nSPS) is 27.5. The zero-order valence-electron chi connectivity index (χ0n) is 13.5. The van der Waals surface area contributed by atoms with Crippen LogP contribution in [0.2, 0.25) is 0 Å². The predicted octanol–water partition coefficient (Wildman–Crippen LogP) is 0.995. The third kappa shape index (κ3) is 4.94. The molecule has 5 heteroatoms. The number of amides is 1. The molecule has 0 spiro atoms. The fraction of sp³-hybridized carbons (Fsp3) is 0.938. The Bertz CT molecular complexity index is 305. The summed E-state index contributed by atoms with van der Waals surface area (Å²) in [5.74, 6) is 0.263. The average Bonchev–Trinajstić information content (AvgIpc) is 2.53. The van der Waals surface area contributed by atoms with Gasteiger partial charge in [-0.05, 0) is 38.8 Å². The summed E-state index contributed by atoms with van der Waals surface area (Å²) in [4.78, 5) is 15.0. The molecular weight excluding hydrogens is 266 g/mol. The van der Waals surface area contributed by atoms with Gasteiger partial charge < -0.3 is 15.4 Å². The second-order valence-electron chi connectivity index (χ2n) is 6.37. The van der Waals surface area contributed by atoms with E-state index in [9.17, 15) is 4.79 Å². The van der Waals surface area contributed by atoms with Crippen molar-refractivity contribution in [1.82, 2.24) is 15.5 Å². The van der Waals surface area contributed by atoms with Gasteiger partial charge in [-0.3, -0.25) is 9.69 Å². The van der Waals surface area contributed by atoms with Crippen molar-refractivity contribution in [3.63, 3.8) is 0 Å². The third-order valence-corrected chi connectivity index (χ3v) is 4.72. The number of carbonyl (C=O) groups excluding carboxylic acids is 1. The quantitative estimate of drug-likeness (QED) is 0.688. The highest BCUT2D eigenvalue weighted by Crippen LogP contribution is 2.31. The number of hydrogen-bond acceptors (Lipinski definition) is 4. The number of ether oxygens (including phenoxy) is 1. The monoisotopic (exact) mass is 297 g/mol. The molecule has 2 aliphatic heterocycles. The van der Waals surface area contributed by atoms with Crippen LogP contribution >= 0.6 is 0 Å². The smallest absolute Gasteiger partial charge is 0.227 e. The lowest BCUT2D eigenvalue weighted by atomic mass is 9.76. The maximum atomic E-state index is 12.6. The standard InChI is InChI=1S/C16H31N3O2/c1-2-5-16(6-3-7-17-14-16)15(20)18-8-4-9-19-10-12-21-13-11-19/h17H,2-14H2,1H3,(H,18,20). The van der Waals surface area contributed by atoms with Crippen LogP contribution in [-0.2, 0) is 9.53 Å². The lowest BCUT2D eigenvalue weighted by Crippen LogP contribution is -2.50. The summed E-state index contributed by atoms with van der Waals surface area (Å²) >= 11 is 0. The highest BCUT2D eigenvalue weighted by Gasteiger charge is 2.38. The zero-order chi connectivity index (χ0) is 15.0. The van der Waals surface area contributed by atoms with Gasteiger partial charge in [0.05, 0.1) is 18.6 Å². The van der Waals surface area contributed by atoms with E-state index in [0.29, 0.717) is 0 Å². The predicted molar refractivity (Wildman–Crippen MR) is 84.3 cm³/mol. The maximum Gasteiger partial charge on any atom is 0.227 e. The van der Waals surface area contributed by atoms with Crippen LogP contribution in [0.1, 0.15) is 39.0 Å². The molecule has 2 fully saturated rings. The molecule has 5 nitrogen and oxygen atoms in total. The summed E-state index contributed by atoms with van der Waals surface area (Å²) in [6, 6.07) is 0. The molecule has 0 aromatic heterocycles. The Balaban J connectivity index is 1.69. The van der Waals surface area contributed by atoms with Crippen molar-refractivity contribution in [3.8, 4) is 0 Å². The first-order valence-corrected chi connectivity index (χ1v) is 8.56. The molecule has 0 radical (unpaired) electrons. The zero-order valence-corrected chi connectivity index (χ0v) is 13.5. The van der Waals surface area contributed by atoms with Crippen molar-refractivity contribution in [2.24, 2.45) is 5.41 Å². The van der Waals surface area contributed by atoms with Gasteiger partial charge in [-0.2, -0.15) is 0 Å². The van der Waals surface area contributed by atoms with Crippen molar-refractivity contribution in [1.29, 1.82) is 0 Å². The molecule has 0 saturated carbocycles. The third-order valence-electron chi connectivity index (χ3n) is 4.72. The van der Waals surface area contributed by atoms with Gasteiger partial charge in [0, 0.05) is 26.2 Å². The number of rotatable bonds is 7. The van der Waals surface area contributed by atoms with Crippen LogP contribution in [0, 0.1) is 5.41 Å². The number of nitrogens with one attached hydrogen (secondary N) is 2. The Kier molecular flexibility index (Phi) is 6.93. The van der Waals surface area contributed by atoms with Crippen LogP contribution in [-0.4, -0.2) is 63.3 Å². The molecule has 0 bridgehead atoms. The van der Waals surface area contributed by atoms with E-state index in [1.165, 1.54) is 0 Å². The van der Waals surface area contributed by atoms with E-state index in [0.717, 1.165) is 84.6 Å². The van der Waals surface area contributed by atoms with Crippen LogP contribution in [0.3, 0.4) is 0 Å². The first-order chi connectivity index (χ1) is 10.3. The van der Waals surface area contributed by atoms with Crippen molar-refractivity contribution < 1.29 is 9.53 Å². The van der Waals surface area contributed by atoms with E-state index in [-0.39, 0.29) is 11.3 Å². The molecule has 21 heavy (non-hydrogen) atoms. The second-order valence-corrected chi connectivity index (χ2v) is 6.37. The number of nitrogens with zero attached hydrogens (tertiary/aromatic N) is 1. The molecule has 2 N–H and O–H groups in total. The van der Waals surface area contributed by atoms with Gasteiger partial charge in [0.25, 0.3) is 0 Å². The summed E-state index contributed by atoms with van der Waals surface area (Å²) in [5.41, 5.74) is -0.161. The Labute approximate surface area is 128 Å². The summed E-state index contributed by atoms with van der Waals surface area (Å²) in [6.45, 7) is 9.66. The minimum absolute atomic E-state index is 0.161. The van der Waals surface area contributed by atoms with Gasteiger partial charge in [0.1, 0.15) is 0 Å². The average molecular weight is 297 g/mol. The lowest BCUT2D eigenvalue weighted by molar-refractivity contribution is -0.132. The van der Waals surface area contributed by atoms with Gasteiger partial charge in [-0.15, -0.1) is 0 Å². The Morgan fingerprint density at radius 3 is 2.86 bits per heavy atom. The summed E-state index contributed by atoms with van der Waals surface area (Å²) in [5, 5.41) is 6.58. The molecule has 2 heterocycles. The first kappa shape index (κ1) is 16.7. The molecule has 1 unspecified atom stereocenters. The highest BCUT2D eigenvalue weighted by molar-refractivity contribution is 5.83. The molecule has 2 aliphatic rings. The fourth-order valence-electron chi connectivity index (χ4n) is 3.48. The van der Waals surface area contributed by atoms with Crippen LogP contribution in [0.15, 0.2) is 0 Å². The van der Waals surface area contributed by atoms with E-state index < -0.39 is 0 Å². The first-order valence-electron chi connectivity index (χ1n) is 8.56. The minimum Gasteiger partial charge on any atom is -0.379 e. The van der Waals surface area contributed by atoms with E-state index in [1.807, 2.05) is 0 Å². The molecule has 0 aliphatic carbocycles. The fourth-order valence-corrected chi connectivity index (χ4v) is 3.48. The number of carbonyl (C=O) groups is 1. The van der Waals surface area contributed by atoms with Gasteiger partial charge in [-0.1, -0.05) is 13.3 Å². The van der Waals surface area contributed by atoms with Gasteiger partial charge in [0.2, 0.25) is 5.91 Å². The molecule has 1 amide bonds. The lowest BCUT2D eigenvalue weighted by Gasteiger charge is -2.36. The van der Waals surface area contributed by atoms with E-state index in [2.05, 4.69) is 22.5 Å². The van der Waals surface area contributed by atoms with Crippen LogP contribution in [0.25, 0.3) is 0 Å². The van der Waals surface area contributed by atoms with E-state index in [1.54, 1.807) is 0 Å². The molecule has 2 saturated heterocycles. The molecule has 2 rings (SSSR count). The molecule has 122 valence electrons. The van der Waals surface area contributed by atoms with Crippen molar-refractivity contribution in [3.05, 3.63) is 0 Å². The Morgan fingerprint density at radius 1 is 1.38 bits per heavy atom. The molecule has 1 atom stereocenters. The summed E-state index contributed by atoms with van der Waals surface area (Å²) < 4.78 is 5.35. The maximum absolute atomic E-state index is 12.6. The van der Waals surface area contributed by atoms with Crippen LogP contribution in [0.4, 0.5) is 0 Å². The molecule has 0 aromatic rings. The van der Waals surface area contributed by atoms with Crippen LogP contribution in [0.5, 0.6) is 0 Å². The van der Waals surface area contributed by atoms with Crippen molar-refractivity contribution in [2.75, 3.05) is 52.5 Å². The number of morpholine rings is 1. The Hall–Kier alpha value is -0.650. The molecule has 0 aromatic carbocycles. The molecular formula is C16H31N3O2. The number of piperidine rings is 1. The summed E-state index contributed by atoms with van der Waals surface area (Å²) in [7, 11) is 0. The van der Waals surface area contributed by atoms with Crippen molar-refractivity contribution >= 4 is 5.91 Å². The van der Waals surface area contributed by atoms with Gasteiger partial charge in [-0.25, -0.2) is 0 Å². The summed E-state index contributed by atoms with van der Waals surface area (Å²) in [6.07, 6.45) is 5.24. The Morgan fingerprint density at radius 2 is 2.19 bits per heavy atom. The van der Waals surface area contributed by atoms with Gasteiger partial charge in [0.15, 0.2) is 0 Å². The number of hydrogen-bond donors (Lipinski definition) is 2. The van der Waals surface area contributed by atoms with Crippen molar-refractivity contribution in [2.45, 2.75) is 39.0 Å². The largest absolute Gasteiger partial charge is 0.379 e. The SMILES string of the molecule is CCCC1(C(=O)NCCCN2CCOCC2)CCCNC1.